The molecule has 1 aromatic heterocycles. The number of hydrogen-bond donors (Lipinski definition) is 2. The highest BCUT2D eigenvalue weighted by Crippen LogP contribution is 2.27. The van der Waals surface area contributed by atoms with Gasteiger partial charge in [0.2, 0.25) is 5.91 Å². The number of thiazole rings is 1. The van der Waals surface area contributed by atoms with Crippen LogP contribution in [0.4, 0.5) is 5.13 Å². The second-order valence-corrected chi connectivity index (χ2v) is 5.26. The minimum absolute atomic E-state index is 0. The van der Waals surface area contributed by atoms with Gasteiger partial charge in [-0.2, -0.15) is 0 Å². The van der Waals surface area contributed by atoms with Crippen LogP contribution in [0.1, 0.15) is 31.4 Å². The van der Waals surface area contributed by atoms with Gasteiger partial charge in [0.1, 0.15) is 0 Å². The number of nitrogens with zero attached hydrogens (tertiary/aromatic N) is 1. The molecule has 0 radical (unpaired) electrons. The molecule has 1 amide bonds. The minimum Gasteiger partial charge on any atom is -0.327 e. The third-order valence-corrected chi connectivity index (χ3v) is 3.91. The molecule has 0 aromatic carbocycles. The Balaban J connectivity index is 0.00000144. The molecule has 0 aliphatic heterocycles. The summed E-state index contributed by atoms with van der Waals surface area (Å²) in [6.45, 7) is 1.92. The van der Waals surface area contributed by atoms with E-state index >= 15 is 0 Å². The highest BCUT2D eigenvalue weighted by Gasteiger charge is 2.26. The van der Waals surface area contributed by atoms with Crippen LogP contribution in [0.15, 0.2) is 5.38 Å². The first-order chi connectivity index (χ1) is 7.65. The Hall–Kier alpha value is -0.650. The Kier molecular flexibility index (Phi) is 5.36. The summed E-state index contributed by atoms with van der Waals surface area (Å²) in [5.41, 5.74) is 6.87. The van der Waals surface area contributed by atoms with Gasteiger partial charge in [-0.25, -0.2) is 4.98 Å². The molecule has 0 unspecified atom stereocenters. The summed E-state index contributed by atoms with van der Waals surface area (Å²) in [7, 11) is 0. The van der Waals surface area contributed by atoms with Crippen LogP contribution >= 0.6 is 23.7 Å². The van der Waals surface area contributed by atoms with Gasteiger partial charge in [-0.3, -0.25) is 4.79 Å². The largest absolute Gasteiger partial charge is 0.327 e. The first-order valence-corrected chi connectivity index (χ1v) is 6.50. The van der Waals surface area contributed by atoms with Gasteiger partial charge in [0.25, 0.3) is 0 Å². The fourth-order valence-corrected chi connectivity index (χ4v) is 2.84. The molecule has 6 heteroatoms. The number of rotatable bonds is 3. The summed E-state index contributed by atoms with van der Waals surface area (Å²) in [5.74, 6) is 0.387. The van der Waals surface area contributed by atoms with Crippen LogP contribution in [-0.2, 0) is 4.79 Å². The monoisotopic (exact) mass is 275 g/mol. The molecule has 1 fully saturated rings. The molecule has 0 saturated heterocycles. The van der Waals surface area contributed by atoms with Crippen molar-refractivity contribution < 1.29 is 4.79 Å². The molecule has 1 aromatic rings. The predicted octanol–water partition coefficient (Wildman–Crippen LogP) is 2.33. The zero-order valence-corrected chi connectivity index (χ0v) is 11.4. The van der Waals surface area contributed by atoms with Gasteiger partial charge in [0, 0.05) is 17.8 Å². The second-order valence-electron chi connectivity index (χ2n) is 4.40. The second kappa shape index (κ2) is 6.33. The van der Waals surface area contributed by atoms with Gasteiger partial charge < -0.3 is 11.1 Å². The molecule has 0 spiro atoms. The van der Waals surface area contributed by atoms with E-state index in [-0.39, 0.29) is 24.4 Å². The lowest BCUT2D eigenvalue weighted by atomic mass is 10.00. The molecule has 1 aliphatic carbocycles. The highest BCUT2D eigenvalue weighted by molar-refractivity contribution is 7.13. The van der Waals surface area contributed by atoms with E-state index in [1.165, 1.54) is 11.3 Å². The SMILES string of the molecule is Cc1csc(NC(=O)C[C@@H]2CCC[C@H]2N)n1.Cl. The number of nitrogens with two attached hydrogens (primary N) is 1. The van der Waals surface area contributed by atoms with Crippen LogP contribution in [0.3, 0.4) is 0 Å². The summed E-state index contributed by atoms with van der Waals surface area (Å²) < 4.78 is 0. The van der Waals surface area contributed by atoms with Gasteiger partial charge in [-0.15, -0.1) is 23.7 Å². The van der Waals surface area contributed by atoms with Crippen LogP contribution in [0.5, 0.6) is 0 Å². The molecular weight excluding hydrogens is 258 g/mol. The normalized spacial score (nSPS) is 23.2. The van der Waals surface area contributed by atoms with E-state index < -0.39 is 0 Å². The molecule has 4 nitrogen and oxygen atoms in total. The number of halogens is 1. The number of anilines is 1. The maximum atomic E-state index is 11.7. The Morgan fingerprint density at radius 3 is 2.94 bits per heavy atom. The number of aromatic nitrogens is 1. The topological polar surface area (TPSA) is 68.0 Å². The van der Waals surface area contributed by atoms with Gasteiger partial charge in [-0.1, -0.05) is 6.42 Å². The van der Waals surface area contributed by atoms with Gasteiger partial charge >= 0.3 is 0 Å². The highest BCUT2D eigenvalue weighted by atomic mass is 35.5. The number of hydrogen-bond acceptors (Lipinski definition) is 4. The van der Waals surface area contributed by atoms with Gasteiger partial charge in [-0.05, 0) is 25.7 Å². The molecule has 96 valence electrons. The van der Waals surface area contributed by atoms with E-state index in [1.54, 1.807) is 0 Å². The van der Waals surface area contributed by atoms with Crippen LogP contribution in [0.2, 0.25) is 0 Å². The van der Waals surface area contributed by atoms with Crippen molar-refractivity contribution in [1.82, 2.24) is 4.98 Å². The molecule has 3 N–H and O–H groups in total. The average Bonchev–Trinajstić information content (AvgIpc) is 2.77. The van der Waals surface area contributed by atoms with Crippen molar-refractivity contribution in [3.63, 3.8) is 0 Å². The molecule has 1 aliphatic rings. The Bertz CT molecular complexity index is 383. The number of carbonyl (C=O) groups excluding carboxylic acids is 1. The quantitative estimate of drug-likeness (QED) is 0.890. The minimum atomic E-state index is 0. The first kappa shape index (κ1) is 14.4. The van der Waals surface area contributed by atoms with E-state index in [4.69, 9.17) is 5.73 Å². The molecule has 2 rings (SSSR count). The third-order valence-electron chi connectivity index (χ3n) is 3.03. The van der Waals surface area contributed by atoms with Gasteiger partial charge in [0.05, 0.1) is 5.69 Å². The number of nitrogens with one attached hydrogen (secondary N) is 1. The van der Waals surface area contributed by atoms with Crippen LogP contribution in [-0.4, -0.2) is 16.9 Å². The number of aryl methyl sites for hydroxylation is 1. The van der Waals surface area contributed by atoms with E-state index in [9.17, 15) is 4.79 Å². The van der Waals surface area contributed by atoms with Crippen molar-refractivity contribution >= 4 is 34.8 Å². The zero-order valence-electron chi connectivity index (χ0n) is 9.81. The van der Waals surface area contributed by atoms with Crippen molar-refractivity contribution in [2.75, 3.05) is 5.32 Å². The number of carbonyl (C=O) groups is 1. The standard InChI is InChI=1S/C11H17N3OS.ClH/c1-7-6-16-11(13-7)14-10(15)5-8-3-2-4-9(8)12;/h6,8-9H,2-5,12H2,1H3,(H,13,14,15);1H/t8-,9+;/m0./s1. The van der Waals surface area contributed by atoms with Crippen LogP contribution in [0.25, 0.3) is 0 Å². The van der Waals surface area contributed by atoms with E-state index in [0.29, 0.717) is 17.5 Å². The Morgan fingerprint density at radius 1 is 1.65 bits per heavy atom. The summed E-state index contributed by atoms with van der Waals surface area (Å²) in [4.78, 5) is 15.9. The molecule has 17 heavy (non-hydrogen) atoms. The van der Waals surface area contributed by atoms with Gasteiger partial charge in [0.15, 0.2) is 5.13 Å². The molecule has 1 saturated carbocycles. The van der Waals surface area contributed by atoms with Crippen molar-refractivity contribution in [2.45, 2.75) is 38.6 Å². The lowest BCUT2D eigenvalue weighted by Gasteiger charge is -2.13. The van der Waals surface area contributed by atoms with E-state index in [1.807, 2.05) is 12.3 Å². The van der Waals surface area contributed by atoms with Crippen molar-refractivity contribution in [3.05, 3.63) is 11.1 Å². The summed E-state index contributed by atoms with van der Waals surface area (Å²) in [6.07, 6.45) is 3.80. The molecule has 2 atom stereocenters. The molecule has 1 heterocycles. The van der Waals surface area contributed by atoms with E-state index in [2.05, 4.69) is 10.3 Å². The van der Waals surface area contributed by atoms with Crippen molar-refractivity contribution in [3.8, 4) is 0 Å². The third kappa shape index (κ3) is 3.94. The first-order valence-electron chi connectivity index (χ1n) is 5.62. The maximum absolute atomic E-state index is 11.7. The predicted molar refractivity (Wildman–Crippen MR) is 72.7 cm³/mol. The fraction of sp³-hybridized carbons (Fsp3) is 0.636. The summed E-state index contributed by atoms with van der Waals surface area (Å²) >= 11 is 1.46. The lowest BCUT2D eigenvalue weighted by molar-refractivity contribution is -0.117. The maximum Gasteiger partial charge on any atom is 0.226 e. The van der Waals surface area contributed by atoms with Crippen molar-refractivity contribution in [1.29, 1.82) is 0 Å². The number of amides is 1. The van der Waals surface area contributed by atoms with Crippen molar-refractivity contribution in [2.24, 2.45) is 11.7 Å². The molecule has 0 bridgehead atoms. The zero-order chi connectivity index (χ0) is 11.5. The summed E-state index contributed by atoms with van der Waals surface area (Å²) in [5, 5.41) is 5.44. The fourth-order valence-electron chi connectivity index (χ4n) is 2.14. The van der Waals surface area contributed by atoms with E-state index in [0.717, 1.165) is 25.0 Å². The molecular formula is C11H18ClN3OS. The average molecular weight is 276 g/mol. The Morgan fingerprint density at radius 2 is 2.41 bits per heavy atom. The van der Waals surface area contributed by atoms with Crippen LogP contribution in [0, 0.1) is 12.8 Å². The smallest absolute Gasteiger partial charge is 0.226 e. The Labute approximate surface area is 111 Å². The van der Waals surface area contributed by atoms with Crippen LogP contribution < -0.4 is 11.1 Å². The summed E-state index contributed by atoms with van der Waals surface area (Å²) in [6, 6.07) is 0.198. The lowest BCUT2D eigenvalue weighted by Crippen LogP contribution is -2.28.